The fraction of sp³-hybridized carbons (Fsp3) is 0.846. The number of carbonyl (C=O) groups excluding carboxylic acids is 2. The maximum Gasteiger partial charge on any atom is 0.316 e. The highest BCUT2D eigenvalue weighted by atomic mass is 16.6. The summed E-state index contributed by atoms with van der Waals surface area (Å²) in [5.74, 6) is 7.25. The van der Waals surface area contributed by atoms with Crippen LogP contribution in [0.4, 0.5) is 0 Å². The summed E-state index contributed by atoms with van der Waals surface area (Å²) in [7, 11) is 0. The molecule has 0 saturated heterocycles. The van der Waals surface area contributed by atoms with Crippen molar-refractivity contribution in [2.45, 2.75) is 6.92 Å². The Morgan fingerprint density at radius 1 is 0.938 bits per heavy atom. The summed E-state index contributed by atoms with van der Waals surface area (Å²) in [5.41, 5.74) is 0. The lowest BCUT2D eigenvalue weighted by molar-refractivity contribution is -0.481. The molecule has 0 aliphatic heterocycles. The maximum atomic E-state index is 11.8. The van der Waals surface area contributed by atoms with Crippen LogP contribution in [0.5, 0.6) is 0 Å². The van der Waals surface area contributed by atoms with Gasteiger partial charge in [-0.2, -0.15) is 0 Å². The summed E-state index contributed by atoms with van der Waals surface area (Å²) in [4.78, 5) is 22.1. The third-order valence-electron chi connectivity index (χ3n) is 6.91. The SMILES string of the molecule is CC1C(C(=O)OC=O)C2C3C4C1C1C2C3C41. The summed E-state index contributed by atoms with van der Waals surface area (Å²) in [5, 5.41) is 0. The summed E-state index contributed by atoms with van der Waals surface area (Å²) < 4.78 is 4.61. The lowest BCUT2D eigenvalue weighted by atomic mass is 9.09. The Balaban J connectivity index is 1.52. The summed E-state index contributed by atoms with van der Waals surface area (Å²) in [6, 6.07) is 0. The quantitative estimate of drug-likeness (QED) is 0.393. The largest absolute Gasteiger partial charge is 0.395 e. The minimum atomic E-state index is -0.247. The van der Waals surface area contributed by atoms with Gasteiger partial charge in [0.15, 0.2) is 0 Å². The van der Waals surface area contributed by atoms with Gasteiger partial charge in [-0.05, 0) is 53.3 Å². The molecule has 6 saturated carbocycles. The Morgan fingerprint density at radius 2 is 1.44 bits per heavy atom. The Labute approximate surface area is 93.5 Å². The first kappa shape index (κ1) is 8.26. The number of hydrogen-bond donors (Lipinski definition) is 0. The standard InChI is InChI=1S/C13H14O3/c1-3-4-6-9-7(4)11-8(10(6)12(9)11)5(3)13(15)16-2-14/h2-12H,1H3. The highest BCUT2D eigenvalue weighted by Crippen LogP contribution is 2.93. The first-order valence-electron chi connectivity index (χ1n) is 6.41. The van der Waals surface area contributed by atoms with Gasteiger partial charge in [-0.25, -0.2) is 0 Å². The molecule has 3 heteroatoms. The van der Waals surface area contributed by atoms with Crippen LogP contribution in [-0.2, 0) is 14.3 Å². The molecule has 0 spiro atoms. The minimum Gasteiger partial charge on any atom is -0.395 e. The molecule has 6 rings (SSSR count). The Bertz CT molecular complexity index is 411. The van der Waals surface area contributed by atoms with Crippen LogP contribution in [0.15, 0.2) is 0 Å². The molecule has 16 heavy (non-hydrogen) atoms. The third kappa shape index (κ3) is 0.502. The monoisotopic (exact) mass is 218 g/mol. The van der Waals surface area contributed by atoms with Crippen LogP contribution in [0.1, 0.15) is 6.92 Å². The molecule has 0 radical (unpaired) electrons. The van der Waals surface area contributed by atoms with Crippen LogP contribution in [0.2, 0.25) is 0 Å². The van der Waals surface area contributed by atoms with Gasteiger partial charge in [0, 0.05) is 0 Å². The molecule has 0 heterocycles. The van der Waals surface area contributed by atoms with Crippen LogP contribution in [0.3, 0.4) is 0 Å². The molecule has 84 valence electrons. The van der Waals surface area contributed by atoms with E-state index in [9.17, 15) is 9.59 Å². The van der Waals surface area contributed by atoms with Crippen molar-refractivity contribution in [1.82, 2.24) is 0 Å². The Hall–Kier alpha value is -0.860. The van der Waals surface area contributed by atoms with Crippen molar-refractivity contribution in [3.8, 4) is 0 Å². The number of esters is 1. The van der Waals surface area contributed by atoms with Crippen molar-refractivity contribution < 1.29 is 14.3 Å². The summed E-state index contributed by atoms with van der Waals surface area (Å²) >= 11 is 0. The summed E-state index contributed by atoms with van der Waals surface area (Å²) in [6.45, 7) is 2.50. The zero-order valence-electron chi connectivity index (χ0n) is 9.08. The van der Waals surface area contributed by atoms with E-state index in [2.05, 4.69) is 11.7 Å². The molecule has 3 nitrogen and oxygen atoms in total. The van der Waals surface area contributed by atoms with Gasteiger partial charge in [0.05, 0.1) is 5.92 Å². The van der Waals surface area contributed by atoms with Crippen molar-refractivity contribution in [1.29, 1.82) is 0 Å². The first-order valence-corrected chi connectivity index (χ1v) is 6.41. The number of rotatable bonds is 2. The average Bonchev–Trinajstić information content (AvgIpc) is 2.23. The van der Waals surface area contributed by atoms with Crippen molar-refractivity contribution in [2.75, 3.05) is 0 Å². The minimum absolute atomic E-state index is 0.0372. The molecular weight excluding hydrogens is 204 g/mol. The molecule has 0 amide bonds. The molecule has 6 aliphatic rings. The summed E-state index contributed by atoms with van der Waals surface area (Å²) in [6.07, 6.45) is 0. The molecule has 2 bridgehead atoms. The highest BCUT2D eigenvalue weighted by molar-refractivity contribution is 5.80. The second-order valence-electron chi connectivity index (χ2n) is 6.54. The normalized spacial score (nSPS) is 70.1. The topological polar surface area (TPSA) is 43.4 Å². The lowest BCUT2D eigenvalue weighted by Crippen LogP contribution is -2.92. The van der Waals surface area contributed by atoms with E-state index in [1.54, 1.807) is 0 Å². The maximum absolute atomic E-state index is 11.8. The number of hydrogen-bond acceptors (Lipinski definition) is 3. The first-order chi connectivity index (χ1) is 7.77. The van der Waals surface area contributed by atoms with Gasteiger partial charge in [-0.3, -0.25) is 9.59 Å². The molecule has 6 unspecified atom stereocenters. The van der Waals surface area contributed by atoms with Crippen LogP contribution in [0.25, 0.3) is 0 Å². The second-order valence-corrected chi connectivity index (χ2v) is 6.54. The average molecular weight is 218 g/mol. The Kier molecular flexibility index (Phi) is 1.08. The lowest BCUT2D eigenvalue weighted by Gasteiger charge is -2.94. The highest BCUT2D eigenvalue weighted by Gasteiger charge is 2.91. The number of carbonyl (C=O) groups is 2. The smallest absolute Gasteiger partial charge is 0.316 e. The van der Waals surface area contributed by atoms with Crippen LogP contribution >= 0.6 is 0 Å². The van der Waals surface area contributed by atoms with Gasteiger partial charge in [-0.15, -0.1) is 0 Å². The van der Waals surface area contributed by atoms with Crippen LogP contribution in [0, 0.1) is 59.2 Å². The Morgan fingerprint density at radius 3 is 2.00 bits per heavy atom. The van der Waals surface area contributed by atoms with Crippen molar-refractivity contribution in [3.63, 3.8) is 0 Å². The van der Waals surface area contributed by atoms with E-state index in [1.165, 1.54) is 0 Å². The van der Waals surface area contributed by atoms with Gasteiger partial charge in [0.2, 0.25) is 0 Å². The fourth-order valence-electron chi connectivity index (χ4n) is 6.82. The molecule has 0 aromatic heterocycles. The van der Waals surface area contributed by atoms with E-state index in [1.807, 2.05) is 0 Å². The number of fused-ring (bicyclic) bond motifs is 1. The van der Waals surface area contributed by atoms with E-state index in [0.717, 1.165) is 41.4 Å². The molecule has 0 N–H and O–H groups in total. The predicted octanol–water partition coefficient (Wildman–Crippen LogP) is 0.936. The molecular formula is C13H14O3. The van der Waals surface area contributed by atoms with E-state index in [-0.39, 0.29) is 11.9 Å². The van der Waals surface area contributed by atoms with E-state index < -0.39 is 0 Å². The molecule has 0 aromatic carbocycles. The van der Waals surface area contributed by atoms with E-state index in [4.69, 9.17) is 0 Å². The third-order valence-corrected chi connectivity index (χ3v) is 6.91. The van der Waals surface area contributed by atoms with E-state index in [0.29, 0.717) is 18.3 Å². The van der Waals surface area contributed by atoms with Gasteiger partial charge < -0.3 is 4.74 Å². The molecule has 0 aromatic rings. The van der Waals surface area contributed by atoms with Gasteiger partial charge in [0.25, 0.3) is 0 Å². The van der Waals surface area contributed by atoms with Crippen molar-refractivity contribution >= 4 is 12.4 Å². The molecule has 6 aliphatic carbocycles. The molecule has 6 fully saturated rings. The second kappa shape index (κ2) is 2.09. The van der Waals surface area contributed by atoms with Gasteiger partial charge in [0.1, 0.15) is 0 Å². The number of ether oxygens (including phenoxy) is 1. The fourth-order valence-corrected chi connectivity index (χ4v) is 6.82. The van der Waals surface area contributed by atoms with Gasteiger partial charge in [-0.1, -0.05) is 6.92 Å². The van der Waals surface area contributed by atoms with Crippen molar-refractivity contribution in [3.05, 3.63) is 0 Å². The van der Waals surface area contributed by atoms with E-state index >= 15 is 0 Å². The van der Waals surface area contributed by atoms with Crippen LogP contribution in [-0.4, -0.2) is 12.4 Å². The predicted molar refractivity (Wildman–Crippen MR) is 52.7 cm³/mol. The van der Waals surface area contributed by atoms with Gasteiger partial charge >= 0.3 is 12.4 Å². The molecule has 6 atom stereocenters. The zero-order chi connectivity index (χ0) is 10.8. The van der Waals surface area contributed by atoms with Crippen LogP contribution < -0.4 is 0 Å². The van der Waals surface area contributed by atoms with Crippen molar-refractivity contribution in [2.24, 2.45) is 59.2 Å². The zero-order valence-corrected chi connectivity index (χ0v) is 9.08.